The molecule has 0 radical (unpaired) electrons. The maximum atomic E-state index is 8.71. The van der Waals surface area contributed by atoms with E-state index in [0.29, 0.717) is 10.3 Å². The van der Waals surface area contributed by atoms with Gasteiger partial charge >= 0.3 is 7.12 Å². The summed E-state index contributed by atoms with van der Waals surface area (Å²) >= 11 is 1.22. The third kappa shape index (κ3) is 1.60. The Hall–Kier alpha value is -0.825. The molecule has 0 aromatic carbocycles. The van der Waals surface area contributed by atoms with E-state index in [1.807, 2.05) is 6.07 Å². The molecule has 56 valence electrons. The summed E-state index contributed by atoms with van der Waals surface area (Å²) in [6.45, 7) is 1.77. The van der Waals surface area contributed by atoms with Crippen molar-refractivity contribution >= 4 is 23.2 Å². The Labute approximate surface area is 68.7 Å². The summed E-state index contributed by atoms with van der Waals surface area (Å²) in [7, 11) is -1.46. The maximum Gasteiger partial charge on any atom is 0.499 e. The lowest BCUT2D eigenvalue weighted by atomic mass is 9.89. The number of hydrogen-bond acceptors (Lipinski definition) is 4. The van der Waals surface area contributed by atoms with Crippen LogP contribution in [-0.2, 0) is 0 Å². The highest BCUT2D eigenvalue weighted by Gasteiger charge is 2.15. The second-order valence-electron chi connectivity index (χ2n) is 2.10. The summed E-state index contributed by atoms with van der Waals surface area (Å²) in [6.07, 6.45) is 0. The quantitative estimate of drug-likeness (QED) is 0.559. The molecule has 11 heavy (non-hydrogen) atoms. The molecule has 0 unspecified atom stereocenters. The molecule has 0 saturated carbocycles. The predicted molar refractivity (Wildman–Crippen MR) is 43.6 cm³/mol. The molecule has 0 aliphatic carbocycles. The molecule has 1 rings (SSSR count). The molecule has 0 bridgehead atoms. The zero-order valence-electron chi connectivity index (χ0n) is 5.90. The van der Waals surface area contributed by atoms with Crippen molar-refractivity contribution in [2.75, 3.05) is 0 Å². The SMILES string of the molecule is Cc1sc(B(O)O)cc1C#N. The van der Waals surface area contributed by atoms with Crippen molar-refractivity contribution in [1.82, 2.24) is 0 Å². The second-order valence-corrected chi connectivity index (χ2v) is 3.39. The zero-order chi connectivity index (χ0) is 8.43. The van der Waals surface area contributed by atoms with Crippen LogP contribution in [0.15, 0.2) is 6.07 Å². The largest absolute Gasteiger partial charge is 0.499 e. The minimum Gasteiger partial charge on any atom is -0.423 e. The van der Waals surface area contributed by atoms with E-state index in [2.05, 4.69) is 0 Å². The molecule has 0 atom stereocenters. The fourth-order valence-corrected chi connectivity index (χ4v) is 1.59. The highest BCUT2D eigenvalue weighted by molar-refractivity contribution is 7.22. The lowest BCUT2D eigenvalue weighted by Crippen LogP contribution is -2.26. The van der Waals surface area contributed by atoms with Gasteiger partial charge in [0.1, 0.15) is 6.07 Å². The standard InChI is InChI=1S/C6H6BNO2S/c1-4-5(3-8)2-6(11-4)7(9)10/h2,9-10H,1H3. The van der Waals surface area contributed by atoms with Crippen molar-refractivity contribution in [1.29, 1.82) is 5.26 Å². The van der Waals surface area contributed by atoms with Gasteiger partial charge in [-0.25, -0.2) is 0 Å². The first kappa shape index (κ1) is 8.27. The van der Waals surface area contributed by atoms with Crippen molar-refractivity contribution in [2.24, 2.45) is 0 Å². The van der Waals surface area contributed by atoms with Gasteiger partial charge in [0.05, 0.1) is 5.56 Å². The Morgan fingerprint density at radius 3 is 2.55 bits per heavy atom. The number of thiophene rings is 1. The van der Waals surface area contributed by atoms with E-state index in [0.717, 1.165) is 4.88 Å². The fourth-order valence-electron chi connectivity index (χ4n) is 0.743. The maximum absolute atomic E-state index is 8.71. The summed E-state index contributed by atoms with van der Waals surface area (Å²) in [6, 6.07) is 3.45. The summed E-state index contributed by atoms with van der Waals surface area (Å²) in [5, 5.41) is 25.9. The molecular weight excluding hydrogens is 161 g/mol. The second kappa shape index (κ2) is 3.05. The molecular formula is C6H6BNO2S. The first-order valence-corrected chi connectivity index (χ1v) is 3.83. The van der Waals surface area contributed by atoms with Crippen LogP contribution in [0.5, 0.6) is 0 Å². The van der Waals surface area contributed by atoms with E-state index < -0.39 is 7.12 Å². The smallest absolute Gasteiger partial charge is 0.423 e. The van der Waals surface area contributed by atoms with E-state index in [9.17, 15) is 0 Å². The molecule has 0 aliphatic heterocycles. The van der Waals surface area contributed by atoms with Crippen LogP contribution < -0.4 is 4.78 Å². The molecule has 0 fully saturated rings. The Morgan fingerprint density at radius 2 is 2.27 bits per heavy atom. The molecule has 0 spiro atoms. The molecule has 1 heterocycles. The number of hydrogen-bond donors (Lipinski definition) is 2. The Kier molecular flexibility index (Phi) is 2.30. The Bertz CT molecular complexity index is 302. The van der Waals surface area contributed by atoms with Crippen LogP contribution in [0.25, 0.3) is 0 Å². The van der Waals surface area contributed by atoms with Crippen LogP contribution in [0, 0.1) is 18.3 Å². The molecule has 0 aliphatic rings. The number of nitriles is 1. The van der Waals surface area contributed by atoms with Crippen LogP contribution in [0.2, 0.25) is 0 Å². The molecule has 1 aromatic rings. The van der Waals surface area contributed by atoms with Crippen molar-refractivity contribution in [3.8, 4) is 6.07 Å². The van der Waals surface area contributed by atoms with Crippen LogP contribution in [0.4, 0.5) is 0 Å². The van der Waals surface area contributed by atoms with Crippen LogP contribution >= 0.6 is 11.3 Å². The topological polar surface area (TPSA) is 64.2 Å². The van der Waals surface area contributed by atoms with Gasteiger partial charge in [0.25, 0.3) is 0 Å². The lowest BCUT2D eigenvalue weighted by molar-refractivity contribution is 0.427. The molecule has 5 heteroatoms. The Morgan fingerprint density at radius 1 is 1.64 bits per heavy atom. The minimum atomic E-state index is -1.46. The zero-order valence-corrected chi connectivity index (χ0v) is 6.72. The highest BCUT2D eigenvalue weighted by Crippen LogP contribution is 2.11. The van der Waals surface area contributed by atoms with Gasteiger partial charge < -0.3 is 10.0 Å². The van der Waals surface area contributed by atoms with Gasteiger partial charge in [0.15, 0.2) is 0 Å². The molecule has 1 aromatic heterocycles. The van der Waals surface area contributed by atoms with Gasteiger partial charge in [-0.2, -0.15) is 5.26 Å². The average molecular weight is 167 g/mol. The fraction of sp³-hybridized carbons (Fsp3) is 0.167. The van der Waals surface area contributed by atoms with Gasteiger partial charge in [-0.3, -0.25) is 0 Å². The van der Waals surface area contributed by atoms with Crippen LogP contribution in [0.3, 0.4) is 0 Å². The third-order valence-corrected chi connectivity index (χ3v) is 2.40. The van der Waals surface area contributed by atoms with Crippen molar-refractivity contribution in [3.05, 3.63) is 16.5 Å². The van der Waals surface area contributed by atoms with Gasteiger partial charge in [-0.15, -0.1) is 11.3 Å². The van der Waals surface area contributed by atoms with E-state index in [1.165, 1.54) is 17.4 Å². The van der Waals surface area contributed by atoms with E-state index in [-0.39, 0.29) is 0 Å². The van der Waals surface area contributed by atoms with Gasteiger partial charge in [-0.05, 0) is 13.0 Å². The molecule has 0 saturated heterocycles. The first-order chi connectivity index (χ1) is 5.15. The lowest BCUT2D eigenvalue weighted by Gasteiger charge is -1.87. The van der Waals surface area contributed by atoms with E-state index in [4.69, 9.17) is 15.3 Å². The highest BCUT2D eigenvalue weighted by atomic mass is 32.1. The molecule has 3 nitrogen and oxygen atoms in total. The monoisotopic (exact) mass is 167 g/mol. The van der Waals surface area contributed by atoms with Gasteiger partial charge in [0.2, 0.25) is 0 Å². The number of aryl methyl sites for hydroxylation is 1. The molecule has 0 amide bonds. The summed E-state index contributed by atoms with van der Waals surface area (Å²) in [5.41, 5.74) is 0.512. The van der Waals surface area contributed by atoms with Gasteiger partial charge in [-0.1, -0.05) is 0 Å². The van der Waals surface area contributed by atoms with Crippen LogP contribution in [0.1, 0.15) is 10.4 Å². The summed E-state index contributed by atoms with van der Waals surface area (Å²) < 4.78 is 0.416. The average Bonchev–Trinajstić information content (AvgIpc) is 2.31. The summed E-state index contributed by atoms with van der Waals surface area (Å²) in [5.74, 6) is 0. The number of rotatable bonds is 1. The van der Waals surface area contributed by atoms with E-state index >= 15 is 0 Å². The van der Waals surface area contributed by atoms with Crippen molar-refractivity contribution < 1.29 is 10.0 Å². The summed E-state index contributed by atoms with van der Waals surface area (Å²) in [4.78, 5) is 0.815. The van der Waals surface area contributed by atoms with Crippen LogP contribution in [-0.4, -0.2) is 17.2 Å². The predicted octanol–water partition coefficient (Wildman–Crippen LogP) is -0.392. The third-order valence-electron chi connectivity index (χ3n) is 1.31. The molecule has 2 N–H and O–H groups in total. The van der Waals surface area contributed by atoms with Crippen molar-refractivity contribution in [2.45, 2.75) is 6.92 Å². The first-order valence-electron chi connectivity index (χ1n) is 3.01. The number of nitrogens with zero attached hydrogens (tertiary/aromatic N) is 1. The Balaban J connectivity index is 3.07. The van der Waals surface area contributed by atoms with Gasteiger partial charge in [0, 0.05) is 9.65 Å². The normalized spacial score (nSPS) is 9.27. The van der Waals surface area contributed by atoms with Crippen molar-refractivity contribution in [3.63, 3.8) is 0 Å². The minimum absolute atomic E-state index is 0.416. The van der Waals surface area contributed by atoms with E-state index in [1.54, 1.807) is 6.92 Å².